The number of hydrogen-bond donors (Lipinski definition) is 1. The topological polar surface area (TPSA) is 72.2 Å². The van der Waals surface area contributed by atoms with Crippen LogP contribution in [0.15, 0.2) is 84.1 Å². The molecule has 0 bridgehead atoms. The minimum Gasteiger partial charge on any atom is -0.338 e. The van der Waals surface area contributed by atoms with E-state index in [2.05, 4.69) is 10.4 Å². The molecule has 2 aromatic heterocycles. The highest BCUT2D eigenvalue weighted by atomic mass is 32.2. The highest BCUT2D eigenvalue weighted by Crippen LogP contribution is 2.26. The zero-order valence-electron chi connectivity index (χ0n) is 19.8. The molecule has 1 N–H and O–H groups in total. The second-order valence-electron chi connectivity index (χ2n) is 8.67. The van der Waals surface area contributed by atoms with E-state index < -0.39 is 0 Å². The summed E-state index contributed by atoms with van der Waals surface area (Å²) in [7, 11) is 0. The Labute approximate surface area is 212 Å². The molecule has 0 aliphatic carbocycles. The molecule has 0 unspecified atom stereocenters. The van der Waals surface area contributed by atoms with E-state index in [1.165, 1.54) is 12.1 Å². The van der Waals surface area contributed by atoms with E-state index in [4.69, 9.17) is 0 Å². The summed E-state index contributed by atoms with van der Waals surface area (Å²) >= 11 is 1.62. The van der Waals surface area contributed by atoms with Gasteiger partial charge in [0.2, 0.25) is 5.91 Å². The molecule has 5 rings (SSSR count). The van der Waals surface area contributed by atoms with Crippen LogP contribution in [0.5, 0.6) is 0 Å². The van der Waals surface area contributed by atoms with Gasteiger partial charge in [0, 0.05) is 36.1 Å². The fourth-order valence-electron chi connectivity index (χ4n) is 4.48. The van der Waals surface area contributed by atoms with Gasteiger partial charge < -0.3 is 14.8 Å². The van der Waals surface area contributed by atoms with Gasteiger partial charge in [0.25, 0.3) is 5.91 Å². The Kier molecular flexibility index (Phi) is 6.90. The van der Waals surface area contributed by atoms with E-state index in [0.717, 1.165) is 23.4 Å². The molecule has 1 aliphatic rings. The molecule has 0 saturated carbocycles. The van der Waals surface area contributed by atoms with Crippen LogP contribution >= 0.6 is 11.8 Å². The molecule has 2 amide bonds. The SMILES string of the molecule is CSc1cccc(NC(=O)[C@H]2CCCN(C(=O)c3cnn(-c4ccc(F)cc4)c3-n3cccc3)C2)c1. The van der Waals surface area contributed by atoms with Gasteiger partial charge in [-0.1, -0.05) is 6.07 Å². The second kappa shape index (κ2) is 10.4. The maximum Gasteiger partial charge on any atom is 0.259 e. The molecular weight excluding hydrogens is 477 g/mol. The highest BCUT2D eigenvalue weighted by molar-refractivity contribution is 7.98. The molecule has 36 heavy (non-hydrogen) atoms. The van der Waals surface area contributed by atoms with Crippen LogP contribution in [0.3, 0.4) is 0 Å². The first-order valence-electron chi connectivity index (χ1n) is 11.7. The quantitative estimate of drug-likeness (QED) is 0.375. The van der Waals surface area contributed by atoms with Crippen LogP contribution in [-0.2, 0) is 4.79 Å². The lowest BCUT2D eigenvalue weighted by Gasteiger charge is -2.32. The molecule has 4 aromatic rings. The van der Waals surface area contributed by atoms with Crippen molar-refractivity contribution >= 4 is 29.3 Å². The van der Waals surface area contributed by atoms with E-state index in [9.17, 15) is 14.0 Å². The van der Waals surface area contributed by atoms with Gasteiger partial charge in [0.15, 0.2) is 5.82 Å². The van der Waals surface area contributed by atoms with Gasteiger partial charge in [0.05, 0.1) is 17.8 Å². The maximum atomic E-state index is 13.7. The van der Waals surface area contributed by atoms with Gasteiger partial charge >= 0.3 is 0 Å². The first-order chi connectivity index (χ1) is 17.5. The number of nitrogens with zero attached hydrogens (tertiary/aromatic N) is 4. The average molecular weight is 504 g/mol. The summed E-state index contributed by atoms with van der Waals surface area (Å²) in [6.45, 7) is 0.900. The van der Waals surface area contributed by atoms with Crippen molar-refractivity contribution < 1.29 is 14.0 Å². The van der Waals surface area contributed by atoms with Crippen LogP contribution in [0.2, 0.25) is 0 Å². The Morgan fingerprint density at radius 3 is 2.61 bits per heavy atom. The Hall–Kier alpha value is -3.85. The normalized spacial score (nSPS) is 15.6. The average Bonchev–Trinajstić information content (AvgIpc) is 3.59. The number of benzene rings is 2. The lowest BCUT2D eigenvalue weighted by Crippen LogP contribution is -2.44. The van der Waals surface area contributed by atoms with Crippen molar-refractivity contribution in [3.05, 3.63) is 90.6 Å². The van der Waals surface area contributed by atoms with Gasteiger partial charge in [-0.25, -0.2) is 9.07 Å². The third-order valence-electron chi connectivity index (χ3n) is 6.31. The first kappa shape index (κ1) is 23.9. The molecule has 2 aromatic carbocycles. The number of anilines is 1. The summed E-state index contributed by atoms with van der Waals surface area (Å²) in [6.07, 6.45) is 8.66. The number of hydrogen-bond acceptors (Lipinski definition) is 4. The summed E-state index contributed by atoms with van der Waals surface area (Å²) in [5, 5.41) is 7.47. The lowest BCUT2D eigenvalue weighted by molar-refractivity contribution is -0.121. The monoisotopic (exact) mass is 503 g/mol. The molecular formula is C27H26FN5O2S. The summed E-state index contributed by atoms with van der Waals surface area (Å²) in [6, 6.07) is 17.4. The fraction of sp³-hybridized carbons (Fsp3) is 0.222. The van der Waals surface area contributed by atoms with Gasteiger partial charge in [-0.15, -0.1) is 11.8 Å². The van der Waals surface area contributed by atoms with Crippen molar-refractivity contribution in [1.29, 1.82) is 0 Å². The Bertz CT molecular complexity index is 1370. The summed E-state index contributed by atoms with van der Waals surface area (Å²) in [4.78, 5) is 29.5. The zero-order chi connectivity index (χ0) is 25.1. The molecule has 7 nitrogen and oxygen atoms in total. The number of carbonyl (C=O) groups is 2. The molecule has 1 fully saturated rings. The third kappa shape index (κ3) is 4.92. The van der Waals surface area contributed by atoms with Crippen molar-refractivity contribution in [2.75, 3.05) is 24.7 Å². The number of amides is 2. The van der Waals surface area contributed by atoms with E-state index >= 15 is 0 Å². The second-order valence-corrected chi connectivity index (χ2v) is 9.55. The van der Waals surface area contributed by atoms with Crippen molar-refractivity contribution in [2.45, 2.75) is 17.7 Å². The maximum absolute atomic E-state index is 13.7. The fourth-order valence-corrected chi connectivity index (χ4v) is 4.94. The Morgan fingerprint density at radius 1 is 1.08 bits per heavy atom. The Balaban J connectivity index is 1.38. The van der Waals surface area contributed by atoms with E-state index in [-0.39, 0.29) is 23.5 Å². The molecule has 9 heteroatoms. The predicted octanol–water partition coefficient (Wildman–Crippen LogP) is 5.01. The first-order valence-corrected chi connectivity index (χ1v) is 13.0. The number of halogens is 1. The van der Waals surface area contributed by atoms with Crippen LogP contribution in [-0.4, -0.2) is 50.4 Å². The van der Waals surface area contributed by atoms with E-state index in [1.807, 2.05) is 59.6 Å². The number of nitrogens with one attached hydrogen (secondary N) is 1. The molecule has 1 aliphatic heterocycles. The number of piperidine rings is 1. The Morgan fingerprint density at radius 2 is 1.86 bits per heavy atom. The van der Waals surface area contributed by atoms with Crippen LogP contribution in [0.1, 0.15) is 23.2 Å². The zero-order valence-corrected chi connectivity index (χ0v) is 20.6. The largest absolute Gasteiger partial charge is 0.338 e. The van der Waals surface area contributed by atoms with Crippen LogP contribution in [0.4, 0.5) is 10.1 Å². The molecule has 184 valence electrons. The third-order valence-corrected chi connectivity index (χ3v) is 7.04. The molecule has 1 atom stereocenters. The van der Waals surface area contributed by atoms with Gasteiger partial charge in [-0.3, -0.25) is 9.59 Å². The number of thioether (sulfide) groups is 1. The molecule has 1 saturated heterocycles. The van der Waals surface area contributed by atoms with Crippen molar-refractivity contribution in [3.8, 4) is 11.5 Å². The minimum atomic E-state index is -0.345. The van der Waals surface area contributed by atoms with Gasteiger partial charge in [-0.05, 0) is 73.7 Å². The van der Waals surface area contributed by atoms with Crippen molar-refractivity contribution in [1.82, 2.24) is 19.2 Å². The number of likely N-dealkylation sites (tertiary alicyclic amines) is 1. The predicted molar refractivity (Wildman–Crippen MR) is 138 cm³/mol. The standard InChI is InChI=1S/C27H26FN5O2S/c1-36-23-8-4-7-21(16-23)30-25(34)19-6-5-15-32(18-19)27(35)24-17-29-33(22-11-9-20(28)10-12-22)26(24)31-13-2-3-14-31/h2-4,7-14,16-17,19H,5-6,15,18H2,1H3,(H,30,34)/t19-/m0/s1. The van der Waals surface area contributed by atoms with Crippen molar-refractivity contribution in [3.63, 3.8) is 0 Å². The highest BCUT2D eigenvalue weighted by Gasteiger charge is 2.31. The van der Waals surface area contributed by atoms with Crippen molar-refractivity contribution in [2.24, 2.45) is 5.92 Å². The van der Waals surface area contributed by atoms with Crippen LogP contribution in [0.25, 0.3) is 11.5 Å². The molecule has 3 heterocycles. The summed E-state index contributed by atoms with van der Waals surface area (Å²) in [5.41, 5.74) is 1.82. The van der Waals surface area contributed by atoms with Crippen LogP contribution < -0.4 is 5.32 Å². The summed E-state index contributed by atoms with van der Waals surface area (Å²) < 4.78 is 16.9. The molecule has 0 radical (unpaired) electrons. The van der Waals surface area contributed by atoms with Crippen LogP contribution in [0, 0.1) is 11.7 Å². The smallest absolute Gasteiger partial charge is 0.259 e. The van der Waals surface area contributed by atoms with Gasteiger partial charge in [-0.2, -0.15) is 5.10 Å². The van der Waals surface area contributed by atoms with E-state index in [1.54, 1.807) is 39.7 Å². The minimum absolute atomic E-state index is 0.0848. The molecule has 0 spiro atoms. The van der Waals surface area contributed by atoms with Gasteiger partial charge in [0.1, 0.15) is 11.4 Å². The number of carbonyl (C=O) groups excluding carboxylic acids is 2. The lowest BCUT2D eigenvalue weighted by atomic mass is 9.96. The number of aromatic nitrogens is 3. The van der Waals surface area contributed by atoms with E-state index in [0.29, 0.717) is 30.2 Å². The summed E-state index contributed by atoms with van der Waals surface area (Å²) in [5.74, 6) is -0.352. The number of rotatable bonds is 6.